The lowest BCUT2D eigenvalue weighted by Gasteiger charge is -1.88. The average molecular weight is 224 g/mol. The van der Waals surface area contributed by atoms with Crippen LogP contribution in [0.25, 0.3) is 11.5 Å². The molecule has 0 aliphatic carbocycles. The lowest BCUT2D eigenvalue weighted by molar-refractivity contribution is 0.780. The Morgan fingerprint density at radius 3 is 2.87 bits per heavy atom. The van der Waals surface area contributed by atoms with Crippen molar-refractivity contribution in [2.75, 3.05) is 12.3 Å². The summed E-state index contributed by atoms with van der Waals surface area (Å²) < 4.78 is 1.53. The quantitative estimate of drug-likeness (QED) is 0.766. The molecule has 2 aromatic heterocycles. The Morgan fingerprint density at radius 2 is 2.27 bits per heavy atom. The molecule has 6 nitrogen and oxygen atoms in total. The Bertz CT molecular complexity index is 440. The van der Waals surface area contributed by atoms with Crippen molar-refractivity contribution < 1.29 is 0 Å². The monoisotopic (exact) mass is 224 g/mol. The minimum atomic E-state index is 0.387. The lowest BCUT2D eigenvalue weighted by atomic mass is 10.4. The van der Waals surface area contributed by atoms with Crippen LogP contribution in [0, 0.1) is 0 Å². The highest BCUT2D eigenvalue weighted by Crippen LogP contribution is 2.19. The first-order valence-corrected chi connectivity index (χ1v) is 5.40. The molecule has 4 N–H and O–H groups in total. The smallest absolute Gasteiger partial charge is 0.218 e. The van der Waals surface area contributed by atoms with Crippen LogP contribution in [-0.4, -0.2) is 26.3 Å². The highest BCUT2D eigenvalue weighted by atomic mass is 32.1. The number of nitrogen functional groups attached to an aromatic ring is 1. The fourth-order valence-corrected chi connectivity index (χ4v) is 1.95. The fourth-order valence-electron chi connectivity index (χ4n) is 1.16. The lowest BCUT2D eigenvalue weighted by Crippen LogP contribution is -2.02. The van der Waals surface area contributed by atoms with Crippen LogP contribution < -0.4 is 11.5 Å². The summed E-state index contributed by atoms with van der Waals surface area (Å²) in [4.78, 5) is 8.47. The number of hydrogen-bond donors (Lipinski definition) is 2. The topological polar surface area (TPSA) is 95.6 Å². The summed E-state index contributed by atoms with van der Waals surface area (Å²) in [5, 5.41) is 7.06. The van der Waals surface area contributed by atoms with Crippen molar-refractivity contribution in [1.29, 1.82) is 0 Å². The van der Waals surface area contributed by atoms with E-state index in [2.05, 4.69) is 15.1 Å². The maximum absolute atomic E-state index is 5.59. The molecule has 0 radical (unpaired) electrons. The number of nitrogens with two attached hydrogens (primary N) is 2. The summed E-state index contributed by atoms with van der Waals surface area (Å²) in [5.41, 5.74) is 11.8. The van der Waals surface area contributed by atoms with Gasteiger partial charge in [0.05, 0.1) is 5.01 Å². The normalized spacial score (nSPS) is 10.8. The van der Waals surface area contributed by atoms with Gasteiger partial charge in [0.1, 0.15) is 5.69 Å². The van der Waals surface area contributed by atoms with Gasteiger partial charge in [-0.25, -0.2) is 9.67 Å². The predicted molar refractivity (Wildman–Crippen MR) is 59.3 cm³/mol. The zero-order valence-electron chi connectivity index (χ0n) is 8.34. The van der Waals surface area contributed by atoms with E-state index in [1.807, 2.05) is 5.38 Å². The van der Waals surface area contributed by atoms with Crippen LogP contribution in [0.3, 0.4) is 0 Å². The van der Waals surface area contributed by atoms with Crippen molar-refractivity contribution in [1.82, 2.24) is 19.7 Å². The number of aromatic nitrogens is 4. The van der Waals surface area contributed by atoms with Crippen molar-refractivity contribution in [2.24, 2.45) is 12.8 Å². The van der Waals surface area contributed by atoms with Gasteiger partial charge in [0.15, 0.2) is 0 Å². The van der Waals surface area contributed by atoms with Crippen molar-refractivity contribution in [2.45, 2.75) is 6.42 Å². The van der Waals surface area contributed by atoms with Gasteiger partial charge in [0.25, 0.3) is 0 Å². The fraction of sp³-hybridized carbons (Fsp3) is 0.375. The maximum atomic E-state index is 5.59. The zero-order chi connectivity index (χ0) is 10.8. The van der Waals surface area contributed by atoms with E-state index in [1.54, 1.807) is 18.4 Å². The molecule has 0 aliphatic heterocycles. The molecule has 0 spiro atoms. The molecule has 2 heterocycles. The molecule has 2 rings (SSSR count). The Balaban J connectivity index is 2.28. The Labute approximate surface area is 90.9 Å². The van der Waals surface area contributed by atoms with Crippen LogP contribution in [0.4, 0.5) is 5.95 Å². The van der Waals surface area contributed by atoms with Crippen molar-refractivity contribution in [3.8, 4) is 11.5 Å². The van der Waals surface area contributed by atoms with Gasteiger partial charge in [-0.15, -0.1) is 16.4 Å². The van der Waals surface area contributed by atoms with Crippen LogP contribution in [0.15, 0.2) is 5.38 Å². The van der Waals surface area contributed by atoms with Crippen LogP contribution in [0.5, 0.6) is 0 Å². The Kier molecular flexibility index (Phi) is 2.65. The van der Waals surface area contributed by atoms with Gasteiger partial charge in [-0.05, 0) is 6.54 Å². The number of hydrogen-bond acceptors (Lipinski definition) is 6. The van der Waals surface area contributed by atoms with Gasteiger partial charge in [-0.3, -0.25) is 0 Å². The second-order valence-electron chi connectivity index (χ2n) is 3.08. The molecule has 0 bridgehead atoms. The van der Waals surface area contributed by atoms with Crippen LogP contribution >= 0.6 is 11.3 Å². The van der Waals surface area contributed by atoms with Crippen LogP contribution in [0.2, 0.25) is 0 Å². The molecule has 15 heavy (non-hydrogen) atoms. The molecule has 0 atom stereocenters. The van der Waals surface area contributed by atoms with Crippen molar-refractivity contribution >= 4 is 17.3 Å². The van der Waals surface area contributed by atoms with E-state index < -0.39 is 0 Å². The number of thiazole rings is 1. The summed E-state index contributed by atoms with van der Waals surface area (Å²) >= 11 is 1.56. The molecule has 0 saturated heterocycles. The van der Waals surface area contributed by atoms with E-state index >= 15 is 0 Å². The third-order valence-electron chi connectivity index (χ3n) is 1.94. The first-order valence-electron chi connectivity index (χ1n) is 4.52. The minimum Gasteiger partial charge on any atom is -0.368 e. The molecular formula is C8H12N6S. The van der Waals surface area contributed by atoms with Gasteiger partial charge in [0, 0.05) is 18.8 Å². The van der Waals surface area contributed by atoms with E-state index in [1.165, 1.54) is 4.68 Å². The first-order chi connectivity index (χ1) is 7.20. The molecule has 80 valence electrons. The summed E-state index contributed by atoms with van der Waals surface area (Å²) in [6.07, 6.45) is 0.785. The SMILES string of the molecule is Cn1nc(-c2csc(CCN)n2)nc1N. The maximum Gasteiger partial charge on any atom is 0.218 e. The third-order valence-corrected chi connectivity index (χ3v) is 2.84. The molecule has 0 amide bonds. The molecule has 7 heteroatoms. The first kappa shape index (κ1) is 10.1. The highest BCUT2D eigenvalue weighted by molar-refractivity contribution is 7.09. The van der Waals surface area contributed by atoms with E-state index in [0.29, 0.717) is 18.3 Å². The molecule has 0 aromatic carbocycles. The number of rotatable bonds is 3. The molecular weight excluding hydrogens is 212 g/mol. The zero-order valence-corrected chi connectivity index (χ0v) is 9.16. The third kappa shape index (κ3) is 1.97. The largest absolute Gasteiger partial charge is 0.368 e. The van der Waals surface area contributed by atoms with Crippen molar-refractivity contribution in [3.05, 3.63) is 10.4 Å². The van der Waals surface area contributed by atoms with Gasteiger partial charge in [-0.2, -0.15) is 4.98 Å². The van der Waals surface area contributed by atoms with Gasteiger partial charge < -0.3 is 11.5 Å². The molecule has 2 aromatic rings. The van der Waals surface area contributed by atoms with Crippen LogP contribution in [-0.2, 0) is 13.5 Å². The second kappa shape index (κ2) is 3.95. The number of nitrogens with zero attached hydrogens (tertiary/aromatic N) is 4. The van der Waals surface area contributed by atoms with Gasteiger partial charge in [0.2, 0.25) is 11.8 Å². The molecule has 0 fully saturated rings. The summed E-state index contributed by atoms with van der Waals surface area (Å²) in [6, 6.07) is 0. The standard InChI is InChI=1S/C8H12N6S/c1-14-8(10)12-7(13-14)5-4-15-6(11-5)2-3-9/h4H,2-3,9H2,1H3,(H2,10,12,13). The minimum absolute atomic E-state index is 0.387. The second-order valence-corrected chi connectivity index (χ2v) is 4.03. The number of aryl methyl sites for hydroxylation is 1. The van der Waals surface area contributed by atoms with E-state index in [-0.39, 0.29) is 0 Å². The van der Waals surface area contributed by atoms with E-state index in [4.69, 9.17) is 11.5 Å². The Hall–Kier alpha value is -1.47. The van der Waals surface area contributed by atoms with Crippen molar-refractivity contribution in [3.63, 3.8) is 0 Å². The van der Waals surface area contributed by atoms with E-state index in [9.17, 15) is 0 Å². The van der Waals surface area contributed by atoms with Gasteiger partial charge >= 0.3 is 0 Å². The molecule has 0 aliphatic rings. The summed E-state index contributed by atoms with van der Waals surface area (Å²) in [6.45, 7) is 0.602. The number of anilines is 1. The average Bonchev–Trinajstić information content (AvgIpc) is 2.76. The Morgan fingerprint density at radius 1 is 1.47 bits per heavy atom. The van der Waals surface area contributed by atoms with Crippen LogP contribution in [0.1, 0.15) is 5.01 Å². The molecule has 0 unspecified atom stereocenters. The summed E-state index contributed by atoms with van der Waals surface area (Å²) in [5.74, 6) is 0.952. The highest BCUT2D eigenvalue weighted by Gasteiger charge is 2.10. The predicted octanol–water partition coefficient (Wildman–Crippen LogP) is 0.0220. The summed E-state index contributed by atoms with van der Waals surface area (Å²) in [7, 11) is 1.75. The van der Waals surface area contributed by atoms with Gasteiger partial charge in [-0.1, -0.05) is 0 Å². The molecule has 0 saturated carbocycles. The van der Waals surface area contributed by atoms with E-state index in [0.717, 1.165) is 17.1 Å².